The maximum atomic E-state index is 12.0. The lowest BCUT2D eigenvalue weighted by molar-refractivity contribution is -0.121. The van der Waals surface area contributed by atoms with Crippen LogP contribution >= 0.6 is 73.5 Å². The van der Waals surface area contributed by atoms with Crippen LogP contribution in [0.1, 0.15) is 11.1 Å². The highest BCUT2D eigenvalue weighted by Crippen LogP contribution is 2.36. The molecule has 1 fully saturated rings. The summed E-state index contributed by atoms with van der Waals surface area (Å²) >= 11 is 18.6. The third-order valence-corrected chi connectivity index (χ3v) is 6.76. The standard InChI is InChI=1S/C18H11BrCl2INO3S/c1-23-17(24)15(27-18(23)25)7-10-4-11(19)16(14(22)6-10)26-8-9-2-3-12(20)13(21)5-9/h2-7H,8H2,1H3/b15-7-. The van der Waals surface area contributed by atoms with Gasteiger partial charge in [-0.3, -0.25) is 14.5 Å². The van der Waals surface area contributed by atoms with Crippen molar-refractivity contribution < 1.29 is 14.3 Å². The van der Waals surface area contributed by atoms with Gasteiger partial charge in [0, 0.05) is 7.05 Å². The summed E-state index contributed by atoms with van der Waals surface area (Å²) in [6, 6.07) is 9.08. The van der Waals surface area contributed by atoms with E-state index in [-0.39, 0.29) is 11.1 Å². The minimum absolute atomic E-state index is 0.276. The van der Waals surface area contributed by atoms with Crippen molar-refractivity contribution in [3.63, 3.8) is 0 Å². The summed E-state index contributed by atoms with van der Waals surface area (Å²) in [5, 5.41) is 0.699. The lowest BCUT2D eigenvalue weighted by atomic mass is 10.2. The van der Waals surface area contributed by atoms with Crippen LogP contribution in [0.3, 0.4) is 0 Å². The first kappa shape index (κ1) is 21.0. The van der Waals surface area contributed by atoms with Gasteiger partial charge in [-0.1, -0.05) is 29.3 Å². The number of thioether (sulfide) groups is 1. The SMILES string of the molecule is CN1C(=O)S/C(=C\c2cc(Br)c(OCc3ccc(Cl)c(Cl)c3)c(I)c2)C1=O. The van der Waals surface area contributed by atoms with E-state index in [0.29, 0.717) is 27.3 Å². The third-order valence-electron chi connectivity index (χ3n) is 3.67. The minimum Gasteiger partial charge on any atom is -0.487 e. The highest BCUT2D eigenvalue weighted by molar-refractivity contribution is 14.1. The Bertz CT molecular complexity index is 960. The van der Waals surface area contributed by atoms with Gasteiger partial charge in [0.25, 0.3) is 11.1 Å². The Morgan fingerprint density at radius 3 is 2.56 bits per heavy atom. The number of imide groups is 1. The van der Waals surface area contributed by atoms with E-state index in [1.807, 2.05) is 18.2 Å². The molecule has 27 heavy (non-hydrogen) atoms. The number of carbonyl (C=O) groups is 2. The molecule has 2 aromatic rings. The minimum atomic E-state index is -0.295. The highest BCUT2D eigenvalue weighted by Gasteiger charge is 2.31. The maximum Gasteiger partial charge on any atom is 0.293 e. The van der Waals surface area contributed by atoms with Crippen molar-refractivity contribution in [2.75, 3.05) is 7.05 Å². The normalized spacial score (nSPS) is 15.7. The van der Waals surface area contributed by atoms with E-state index in [1.54, 1.807) is 18.2 Å². The van der Waals surface area contributed by atoms with Crippen molar-refractivity contribution in [1.82, 2.24) is 4.90 Å². The lowest BCUT2D eigenvalue weighted by Crippen LogP contribution is -2.22. The van der Waals surface area contributed by atoms with Gasteiger partial charge in [0.05, 0.1) is 23.0 Å². The van der Waals surface area contributed by atoms with Crippen LogP contribution in [0, 0.1) is 3.57 Å². The largest absolute Gasteiger partial charge is 0.487 e. The van der Waals surface area contributed by atoms with E-state index in [9.17, 15) is 9.59 Å². The number of rotatable bonds is 4. The fourth-order valence-corrected chi connectivity index (χ4v) is 5.20. The molecule has 2 aromatic carbocycles. The average molecular weight is 599 g/mol. The van der Waals surface area contributed by atoms with Gasteiger partial charge >= 0.3 is 0 Å². The molecular weight excluding hydrogens is 588 g/mol. The molecule has 1 aliphatic heterocycles. The summed E-state index contributed by atoms with van der Waals surface area (Å²) in [7, 11) is 1.47. The smallest absolute Gasteiger partial charge is 0.293 e. The number of hydrogen-bond donors (Lipinski definition) is 0. The zero-order chi connectivity index (χ0) is 19.7. The number of hydrogen-bond acceptors (Lipinski definition) is 4. The fraction of sp³-hybridized carbons (Fsp3) is 0.111. The van der Waals surface area contributed by atoms with Gasteiger partial charge in [-0.05, 0) is 91.8 Å². The van der Waals surface area contributed by atoms with E-state index in [4.69, 9.17) is 27.9 Å². The number of likely N-dealkylation sites (N-methyl/N-ethyl adjacent to an activating group) is 1. The molecule has 0 saturated carbocycles. The predicted molar refractivity (Wildman–Crippen MR) is 121 cm³/mol. The Hall–Kier alpha value is -0.740. The summed E-state index contributed by atoms with van der Waals surface area (Å²) < 4.78 is 7.53. The number of carbonyl (C=O) groups excluding carboxylic acids is 2. The third kappa shape index (κ3) is 4.82. The van der Waals surface area contributed by atoms with Crippen LogP contribution in [0.2, 0.25) is 10.0 Å². The van der Waals surface area contributed by atoms with Crippen molar-refractivity contribution in [2.24, 2.45) is 0 Å². The van der Waals surface area contributed by atoms with E-state index in [1.165, 1.54) is 7.05 Å². The van der Waals surface area contributed by atoms with Crippen molar-refractivity contribution in [1.29, 1.82) is 0 Å². The number of amides is 2. The Balaban J connectivity index is 1.80. The second-order valence-electron chi connectivity index (χ2n) is 5.59. The van der Waals surface area contributed by atoms with Crippen molar-refractivity contribution in [3.8, 4) is 5.75 Å². The Labute approximate surface area is 192 Å². The molecule has 0 unspecified atom stereocenters. The Kier molecular flexibility index (Phi) is 6.79. The van der Waals surface area contributed by atoms with Crippen molar-refractivity contribution in [2.45, 2.75) is 6.61 Å². The fourth-order valence-electron chi connectivity index (χ4n) is 2.28. The first-order valence-electron chi connectivity index (χ1n) is 7.53. The summed E-state index contributed by atoms with van der Waals surface area (Å²) in [5.41, 5.74) is 1.69. The molecule has 4 nitrogen and oxygen atoms in total. The molecule has 140 valence electrons. The van der Waals surface area contributed by atoms with Gasteiger partial charge in [-0.25, -0.2) is 0 Å². The van der Waals surface area contributed by atoms with E-state index in [2.05, 4.69) is 38.5 Å². The van der Waals surface area contributed by atoms with E-state index >= 15 is 0 Å². The number of benzene rings is 2. The van der Waals surface area contributed by atoms with Crippen molar-refractivity contribution in [3.05, 3.63) is 64.5 Å². The summed E-state index contributed by atoms with van der Waals surface area (Å²) in [4.78, 5) is 25.1. The summed E-state index contributed by atoms with van der Waals surface area (Å²) in [5.74, 6) is 0.387. The first-order valence-corrected chi connectivity index (χ1v) is 11.0. The molecule has 3 rings (SSSR count). The van der Waals surface area contributed by atoms with Gasteiger partial charge in [-0.2, -0.15) is 0 Å². The average Bonchev–Trinajstić information content (AvgIpc) is 2.84. The monoisotopic (exact) mass is 597 g/mol. The molecule has 1 heterocycles. The molecule has 0 N–H and O–H groups in total. The molecule has 0 atom stereocenters. The molecule has 9 heteroatoms. The van der Waals surface area contributed by atoms with Crippen LogP contribution in [0.4, 0.5) is 4.79 Å². The number of nitrogens with zero attached hydrogens (tertiary/aromatic N) is 1. The predicted octanol–water partition coefficient (Wildman–Crippen LogP) is 6.61. The van der Waals surface area contributed by atoms with Crippen molar-refractivity contribution >= 4 is 90.7 Å². The highest BCUT2D eigenvalue weighted by atomic mass is 127. The first-order chi connectivity index (χ1) is 12.8. The van der Waals surface area contributed by atoms with Crippen LogP contribution in [0.15, 0.2) is 39.7 Å². The second-order valence-corrected chi connectivity index (χ2v) is 9.42. The van der Waals surface area contributed by atoms with Crippen LogP contribution in [0.25, 0.3) is 6.08 Å². The molecule has 0 aromatic heterocycles. The summed E-state index contributed by atoms with van der Waals surface area (Å²) in [6.45, 7) is 0.333. The number of ether oxygens (including phenoxy) is 1. The van der Waals surface area contributed by atoms with Gasteiger partial charge in [-0.15, -0.1) is 0 Å². The number of halogens is 4. The molecule has 0 bridgehead atoms. The van der Waals surface area contributed by atoms with Gasteiger partial charge in [0.1, 0.15) is 12.4 Å². The van der Waals surface area contributed by atoms with Crippen LogP contribution in [0.5, 0.6) is 5.75 Å². The lowest BCUT2D eigenvalue weighted by Gasteiger charge is -2.12. The quantitative estimate of drug-likeness (QED) is 0.294. The van der Waals surface area contributed by atoms with Crippen LogP contribution in [-0.4, -0.2) is 23.1 Å². The molecule has 1 aliphatic rings. The zero-order valence-corrected chi connectivity index (χ0v) is 19.8. The van der Waals surface area contributed by atoms with E-state index in [0.717, 1.165) is 35.8 Å². The van der Waals surface area contributed by atoms with Crippen LogP contribution in [-0.2, 0) is 11.4 Å². The van der Waals surface area contributed by atoms with Gasteiger partial charge < -0.3 is 4.74 Å². The van der Waals surface area contributed by atoms with Crippen LogP contribution < -0.4 is 4.74 Å². The molecule has 0 radical (unpaired) electrons. The zero-order valence-electron chi connectivity index (χ0n) is 13.8. The molecule has 2 amide bonds. The summed E-state index contributed by atoms with van der Waals surface area (Å²) in [6.07, 6.45) is 1.70. The molecule has 0 aliphatic carbocycles. The van der Waals surface area contributed by atoms with Gasteiger partial charge in [0.15, 0.2) is 0 Å². The second kappa shape index (κ2) is 8.73. The molecular formula is C18H11BrCl2INO3S. The Morgan fingerprint density at radius 1 is 1.22 bits per heavy atom. The van der Waals surface area contributed by atoms with E-state index < -0.39 is 0 Å². The molecule has 0 spiro atoms. The Morgan fingerprint density at radius 2 is 1.96 bits per heavy atom. The maximum absolute atomic E-state index is 12.0. The van der Waals surface area contributed by atoms with Gasteiger partial charge in [0.2, 0.25) is 0 Å². The topological polar surface area (TPSA) is 46.6 Å². The molecule has 1 saturated heterocycles.